The number of aliphatic hydroxyl groups is 1. The normalized spacial score (nSPS) is 12.5. The molecule has 1 unspecified atom stereocenters. The Hall–Kier alpha value is -1.14. The second kappa shape index (κ2) is 5.97. The van der Waals surface area contributed by atoms with E-state index in [1.54, 1.807) is 11.5 Å². The van der Waals surface area contributed by atoms with Crippen LogP contribution in [0.2, 0.25) is 0 Å². The SMILES string of the molecule is Cc1sc(=O)n(CCC(=O)NCC(C)O)c1C. The van der Waals surface area contributed by atoms with Gasteiger partial charge < -0.3 is 15.0 Å². The molecule has 1 heterocycles. The summed E-state index contributed by atoms with van der Waals surface area (Å²) in [6.45, 7) is 6.01. The third-order valence-electron chi connectivity index (χ3n) is 2.53. The van der Waals surface area contributed by atoms with Crippen LogP contribution in [0.15, 0.2) is 4.79 Å². The number of thiazole rings is 1. The van der Waals surface area contributed by atoms with E-state index >= 15 is 0 Å². The van der Waals surface area contributed by atoms with E-state index in [4.69, 9.17) is 5.11 Å². The van der Waals surface area contributed by atoms with Gasteiger partial charge in [-0.3, -0.25) is 9.59 Å². The number of hydrogen-bond donors (Lipinski definition) is 2. The minimum Gasteiger partial charge on any atom is -0.392 e. The Kier molecular flexibility index (Phi) is 4.89. The molecule has 6 heteroatoms. The number of nitrogens with zero attached hydrogens (tertiary/aromatic N) is 1. The van der Waals surface area contributed by atoms with Gasteiger partial charge in [-0.1, -0.05) is 11.3 Å². The van der Waals surface area contributed by atoms with Gasteiger partial charge in [0.25, 0.3) is 0 Å². The van der Waals surface area contributed by atoms with Gasteiger partial charge in [-0.15, -0.1) is 0 Å². The first-order valence-electron chi connectivity index (χ1n) is 5.53. The summed E-state index contributed by atoms with van der Waals surface area (Å²) in [5, 5.41) is 11.6. The van der Waals surface area contributed by atoms with Crippen molar-refractivity contribution in [1.82, 2.24) is 9.88 Å². The van der Waals surface area contributed by atoms with Crippen molar-refractivity contribution in [3.05, 3.63) is 20.2 Å². The topological polar surface area (TPSA) is 71.3 Å². The summed E-state index contributed by atoms with van der Waals surface area (Å²) in [4.78, 5) is 23.9. The molecule has 5 nitrogen and oxygen atoms in total. The zero-order valence-electron chi connectivity index (χ0n) is 10.3. The van der Waals surface area contributed by atoms with Crippen molar-refractivity contribution in [2.24, 2.45) is 0 Å². The highest BCUT2D eigenvalue weighted by Gasteiger charge is 2.09. The van der Waals surface area contributed by atoms with E-state index in [-0.39, 0.29) is 23.7 Å². The monoisotopic (exact) mass is 258 g/mol. The van der Waals surface area contributed by atoms with Crippen LogP contribution in [0.1, 0.15) is 23.9 Å². The largest absolute Gasteiger partial charge is 0.392 e. The van der Waals surface area contributed by atoms with Crippen LogP contribution in [0.4, 0.5) is 0 Å². The minimum absolute atomic E-state index is 0.0247. The number of rotatable bonds is 5. The predicted molar refractivity (Wildman–Crippen MR) is 67.4 cm³/mol. The van der Waals surface area contributed by atoms with Gasteiger partial charge in [0.15, 0.2) is 0 Å². The Morgan fingerprint density at radius 3 is 2.65 bits per heavy atom. The first-order valence-corrected chi connectivity index (χ1v) is 6.35. The molecule has 0 aliphatic heterocycles. The number of aliphatic hydroxyl groups excluding tert-OH is 1. The average Bonchev–Trinajstić information content (AvgIpc) is 2.48. The van der Waals surface area contributed by atoms with E-state index in [1.165, 1.54) is 11.3 Å². The van der Waals surface area contributed by atoms with Gasteiger partial charge in [-0.2, -0.15) is 0 Å². The van der Waals surface area contributed by atoms with E-state index in [9.17, 15) is 9.59 Å². The van der Waals surface area contributed by atoms with E-state index < -0.39 is 6.10 Å². The summed E-state index contributed by atoms with van der Waals surface area (Å²) in [6, 6.07) is 0. The van der Waals surface area contributed by atoms with Crippen LogP contribution in [0, 0.1) is 13.8 Å². The molecule has 0 bridgehead atoms. The number of carbonyl (C=O) groups excluding carboxylic acids is 1. The molecule has 0 aliphatic carbocycles. The van der Waals surface area contributed by atoms with Gasteiger partial charge in [0.05, 0.1) is 6.10 Å². The molecule has 0 saturated carbocycles. The summed E-state index contributed by atoms with van der Waals surface area (Å²) in [7, 11) is 0. The van der Waals surface area contributed by atoms with E-state index in [0.29, 0.717) is 6.54 Å². The molecule has 0 spiro atoms. The van der Waals surface area contributed by atoms with Crippen molar-refractivity contribution < 1.29 is 9.90 Å². The van der Waals surface area contributed by atoms with E-state index in [2.05, 4.69) is 5.32 Å². The number of carbonyl (C=O) groups is 1. The maximum absolute atomic E-state index is 11.5. The molecule has 1 rings (SSSR count). The fourth-order valence-electron chi connectivity index (χ4n) is 1.41. The van der Waals surface area contributed by atoms with Crippen LogP contribution >= 0.6 is 11.3 Å². The average molecular weight is 258 g/mol. The van der Waals surface area contributed by atoms with Crippen molar-refractivity contribution in [3.63, 3.8) is 0 Å². The van der Waals surface area contributed by atoms with Crippen LogP contribution in [0.3, 0.4) is 0 Å². The molecule has 1 atom stereocenters. The molecular weight excluding hydrogens is 240 g/mol. The zero-order valence-corrected chi connectivity index (χ0v) is 11.1. The smallest absolute Gasteiger partial charge is 0.307 e. The van der Waals surface area contributed by atoms with Gasteiger partial charge in [0, 0.05) is 30.1 Å². The second-order valence-corrected chi connectivity index (χ2v) is 5.23. The molecule has 96 valence electrons. The fourth-order valence-corrected chi connectivity index (χ4v) is 2.27. The number of aromatic nitrogens is 1. The Morgan fingerprint density at radius 2 is 2.18 bits per heavy atom. The van der Waals surface area contributed by atoms with Crippen molar-refractivity contribution >= 4 is 17.2 Å². The third-order valence-corrected chi connectivity index (χ3v) is 3.53. The summed E-state index contributed by atoms with van der Waals surface area (Å²) < 4.78 is 1.61. The predicted octanol–water partition coefficient (Wildman–Crippen LogP) is 0.414. The quantitative estimate of drug-likeness (QED) is 0.803. The summed E-state index contributed by atoms with van der Waals surface area (Å²) in [5.74, 6) is -0.152. The lowest BCUT2D eigenvalue weighted by molar-refractivity contribution is -0.121. The van der Waals surface area contributed by atoms with Crippen molar-refractivity contribution in [3.8, 4) is 0 Å². The van der Waals surface area contributed by atoms with Gasteiger partial charge in [0.1, 0.15) is 0 Å². The fraction of sp³-hybridized carbons (Fsp3) is 0.636. The van der Waals surface area contributed by atoms with Crippen molar-refractivity contribution in [1.29, 1.82) is 0 Å². The molecule has 1 aromatic heterocycles. The summed E-state index contributed by atoms with van der Waals surface area (Å²) in [5.41, 5.74) is 0.920. The Labute approximate surface area is 104 Å². The van der Waals surface area contributed by atoms with Gasteiger partial charge in [0.2, 0.25) is 5.91 Å². The Balaban J connectivity index is 2.50. The van der Waals surface area contributed by atoms with Gasteiger partial charge in [-0.05, 0) is 20.8 Å². The molecule has 0 aliphatic rings. The van der Waals surface area contributed by atoms with Gasteiger partial charge >= 0.3 is 4.87 Å². The Bertz CT molecular complexity index is 448. The van der Waals surface area contributed by atoms with Crippen LogP contribution in [-0.2, 0) is 11.3 Å². The molecule has 2 N–H and O–H groups in total. The molecule has 17 heavy (non-hydrogen) atoms. The molecule has 0 fully saturated rings. The van der Waals surface area contributed by atoms with E-state index in [1.807, 2.05) is 13.8 Å². The lowest BCUT2D eigenvalue weighted by Crippen LogP contribution is -2.31. The number of nitrogens with one attached hydrogen (secondary N) is 1. The second-order valence-electron chi connectivity index (χ2n) is 4.06. The minimum atomic E-state index is -0.549. The van der Waals surface area contributed by atoms with Gasteiger partial charge in [-0.25, -0.2) is 0 Å². The summed E-state index contributed by atoms with van der Waals surface area (Å²) in [6.07, 6.45) is -0.296. The number of amides is 1. The molecule has 0 radical (unpaired) electrons. The van der Waals surface area contributed by atoms with Crippen LogP contribution in [-0.4, -0.2) is 28.2 Å². The molecule has 0 aromatic carbocycles. The first kappa shape index (κ1) is 13.9. The maximum Gasteiger partial charge on any atom is 0.307 e. The number of aryl methyl sites for hydroxylation is 1. The first-order chi connectivity index (χ1) is 7.91. The zero-order chi connectivity index (χ0) is 13.0. The van der Waals surface area contributed by atoms with Crippen molar-refractivity contribution in [2.75, 3.05) is 6.54 Å². The standard InChI is InChI=1S/C11H18N2O3S/c1-7(14)6-12-10(15)4-5-13-8(2)9(3)17-11(13)16/h7,14H,4-6H2,1-3H3,(H,12,15). The molecule has 1 aromatic rings. The lowest BCUT2D eigenvalue weighted by Gasteiger charge is -2.08. The highest BCUT2D eigenvalue weighted by Crippen LogP contribution is 2.09. The van der Waals surface area contributed by atoms with E-state index in [0.717, 1.165) is 10.6 Å². The lowest BCUT2D eigenvalue weighted by atomic mass is 10.3. The van der Waals surface area contributed by atoms with Crippen LogP contribution < -0.4 is 10.2 Å². The Morgan fingerprint density at radius 1 is 1.53 bits per heavy atom. The highest BCUT2D eigenvalue weighted by atomic mass is 32.1. The number of hydrogen-bond acceptors (Lipinski definition) is 4. The molecule has 1 amide bonds. The van der Waals surface area contributed by atoms with Crippen LogP contribution in [0.5, 0.6) is 0 Å². The third kappa shape index (κ3) is 3.98. The molecule has 0 saturated heterocycles. The van der Waals surface area contributed by atoms with Crippen LogP contribution in [0.25, 0.3) is 0 Å². The molecular formula is C11H18N2O3S. The summed E-state index contributed by atoms with van der Waals surface area (Å²) >= 11 is 1.20. The highest BCUT2D eigenvalue weighted by molar-refractivity contribution is 7.09. The van der Waals surface area contributed by atoms with Crippen molar-refractivity contribution in [2.45, 2.75) is 39.8 Å². The maximum atomic E-state index is 11.5.